The second-order valence-corrected chi connectivity index (χ2v) is 5.39. The van der Waals surface area contributed by atoms with Gasteiger partial charge in [-0.05, 0) is 31.5 Å². The first-order valence-electron chi connectivity index (χ1n) is 6.34. The molecule has 1 unspecified atom stereocenters. The molecule has 0 aromatic heterocycles. The zero-order valence-corrected chi connectivity index (χ0v) is 14.4. The normalized spacial score (nSPS) is 11.9. The number of carbonyl (C=O) groups is 1. The zero-order valence-electron chi connectivity index (χ0n) is 12.1. The van der Waals surface area contributed by atoms with Crippen molar-refractivity contribution in [2.45, 2.75) is 19.2 Å². The van der Waals surface area contributed by atoms with Gasteiger partial charge in [0.1, 0.15) is 5.38 Å². The largest absolute Gasteiger partial charge is 0.493 e. The van der Waals surface area contributed by atoms with Crippen LogP contribution in [0.5, 0.6) is 11.5 Å². The number of amides is 1. The first kappa shape index (κ1) is 17.1. The number of halogens is 2. The van der Waals surface area contributed by atoms with E-state index in [1.807, 2.05) is 13.8 Å². The quantitative estimate of drug-likeness (QED) is 0.724. The molecule has 0 bridgehead atoms. The van der Waals surface area contributed by atoms with E-state index in [4.69, 9.17) is 21.1 Å². The molecule has 1 atom stereocenters. The number of hydrogen-bond acceptors (Lipinski definition) is 3. The summed E-state index contributed by atoms with van der Waals surface area (Å²) in [5, 5.41) is -0.760. The lowest BCUT2D eigenvalue weighted by Crippen LogP contribution is -2.33. The number of ether oxygens (including phenoxy) is 2. The Labute approximate surface area is 133 Å². The van der Waals surface area contributed by atoms with Crippen molar-refractivity contribution >= 4 is 33.4 Å². The van der Waals surface area contributed by atoms with Crippen LogP contribution in [-0.4, -0.2) is 38.1 Å². The zero-order chi connectivity index (χ0) is 15.3. The molecule has 0 heterocycles. The van der Waals surface area contributed by atoms with Crippen molar-refractivity contribution in [2.75, 3.05) is 27.3 Å². The van der Waals surface area contributed by atoms with Gasteiger partial charge in [-0.2, -0.15) is 0 Å². The molecule has 0 fully saturated rings. The molecule has 1 aromatic rings. The highest BCUT2D eigenvalue weighted by molar-refractivity contribution is 9.10. The van der Waals surface area contributed by atoms with E-state index in [-0.39, 0.29) is 5.91 Å². The molecular formula is C14H19BrClNO3. The molecular weight excluding hydrogens is 346 g/mol. The second-order valence-electron chi connectivity index (χ2n) is 4.10. The van der Waals surface area contributed by atoms with Gasteiger partial charge in [0.15, 0.2) is 11.5 Å². The van der Waals surface area contributed by atoms with Crippen LogP contribution in [0.4, 0.5) is 0 Å². The summed E-state index contributed by atoms with van der Waals surface area (Å²) in [5.41, 5.74) is 0.668. The number of rotatable bonds is 6. The average Bonchev–Trinajstić information content (AvgIpc) is 2.47. The van der Waals surface area contributed by atoms with Crippen LogP contribution >= 0.6 is 27.5 Å². The Morgan fingerprint density at radius 2 is 1.75 bits per heavy atom. The topological polar surface area (TPSA) is 38.8 Å². The second kappa shape index (κ2) is 7.74. The summed E-state index contributed by atoms with van der Waals surface area (Å²) in [6, 6.07) is 3.47. The van der Waals surface area contributed by atoms with E-state index in [0.29, 0.717) is 30.2 Å². The third-order valence-corrected chi connectivity index (χ3v) is 4.18. The van der Waals surface area contributed by atoms with Crippen molar-refractivity contribution < 1.29 is 14.3 Å². The Morgan fingerprint density at radius 1 is 1.25 bits per heavy atom. The summed E-state index contributed by atoms with van der Waals surface area (Å²) in [5.74, 6) is 1.01. The highest BCUT2D eigenvalue weighted by atomic mass is 79.9. The maximum absolute atomic E-state index is 12.3. The minimum absolute atomic E-state index is 0.121. The molecule has 0 saturated carbocycles. The molecule has 0 aliphatic carbocycles. The van der Waals surface area contributed by atoms with E-state index in [2.05, 4.69) is 15.9 Å². The molecule has 20 heavy (non-hydrogen) atoms. The number of methoxy groups -OCH3 is 2. The van der Waals surface area contributed by atoms with Crippen LogP contribution in [0, 0.1) is 0 Å². The maximum atomic E-state index is 12.3. The molecule has 0 radical (unpaired) electrons. The highest BCUT2D eigenvalue weighted by Gasteiger charge is 2.25. The van der Waals surface area contributed by atoms with E-state index in [1.165, 1.54) is 0 Å². The summed E-state index contributed by atoms with van der Waals surface area (Å²) < 4.78 is 11.2. The van der Waals surface area contributed by atoms with Crippen LogP contribution in [0.2, 0.25) is 0 Å². The Morgan fingerprint density at radius 3 is 2.20 bits per heavy atom. The number of nitrogens with zero attached hydrogens (tertiary/aromatic N) is 1. The summed E-state index contributed by atoms with van der Waals surface area (Å²) in [4.78, 5) is 14.0. The minimum Gasteiger partial charge on any atom is -0.493 e. The fourth-order valence-electron chi connectivity index (χ4n) is 1.89. The van der Waals surface area contributed by atoms with Crippen LogP contribution in [0.1, 0.15) is 24.8 Å². The number of alkyl halides is 1. The van der Waals surface area contributed by atoms with Crippen molar-refractivity contribution in [3.63, 3.8) is 0 Å². The molecule has 0 N–H and O–H groups in total. The SMILES string of the molecule is CCN(CC)C(=O)C(Cl)c1cc(OC)c(OC)cc1Br. The lowest BCUT2D eigenvalue weighted by molar-refractivity contribution is -0.130. The number of benzene rings is 1. The van der Waals surface area contributed by atoms with Gasteiger partial charge >= 0.3 is 0 Å². The van der Waals surface area contributed by atoms with Crippen LogP contribution in [0.3, 0.4) is 0 Å². The molecule has 0 aliphatic rings. The van der Waals surface area contributed by atoms with Gasteiger partial charge in [0.2, 0.25) is 5.91 Å². The molecule has 0 spiro atoms. The molecule has 6 heteroatoms. The van der Waals surface area contributed by atoms with Gasteiger partial charge in [-0.3, -0.25) is 4.79 Å². The number of carbonyl (C=O) groups excluding carboxylic acids is 1. The lowest BCUT2D eigenvalue weighted by atomic mass is 10.1. The number of likely N-dealkylation sites (N-methyl/N-ethyl adjacent to an activating group) is 1. The Kier molecular flexibility index (Phi) is 6.62. The molecule has 1 amide bonds. The van der Waals surface area contributed by atoms with Crippen molar-refractivity contribution in [3.8, 4) is 11.5 Å². The minimum atomic E-state index is -0.760. The van der Waals surface area contributed by atoms with E-state index < -0.39 is 5.38 Å². The fourth-order valence-corrected chi connectivity index (χ4v) is 2.89. The van der Waals surface area contributed by atoms with Crippen LogP contribution < -0.4 is 9.47 Å². The van der Waals surface area contributed by atoms with Gasteiger partial charge in [-0.25, -0.2) is 0 Å². The first-order chi connectivity index (χ1) is 9.49. The first-order valence-corrected chi connectivity index (χ1v) is 7.57. The molecule has 1 aromatic carbocycles. The third-order valence-electron chi connectivity index (χ3n) is 3.07. The Balaban J connectivity index is 3.15. The summed E-state index contributed by atoms with van der Waals surface area (Å²) >= 11 is 9.74. The highest BCUT2D eigenvalue weighted by Crippen LogP contribution is 2.38. The Hall–Kier alpha value is -0.940. The predicted octanol–water partition coefficient (Wildman–Crippen LogP) is 3.61. The van der Waals surface area contributed by atoms with Crippen LogP contribution in [-0.2, 0) is 4.79 Å². The molecule has 0 aliphatic heterocycles. The van der Waals surface area contributed by atoms with Crippen molar-refractivity contribution in [1.82, 2.24) is 4.90 Å². The van der Waals surface area contributed by atoms with Crippen molar-refractivity contribution in [3.05, 3.63) is 22.2 Å². The van der Waals surface area contributed by atoms with Crippen molar-refractivity contribution in [1.29, 1.82) is 0 Å². The Bertz CT molecular complexity index is 478. The smallest absolute Gasteiger partial charge is 0.245 e. The van der Waals surface area contributed by atoms with Crippen LogP contribution in [0.15, 0.2) is 16.6 Å². The summed E-state index contributed by atoms with van der Waals surface area (Å²) in [7, 11) is 3.11. The monoisotopic (exact) mass is 363 g/mol. The molecule has 0 saturated heterocycles. The molecule has 112 valence electrons. The van der Waals surface area contributed by atoms with E-state index in [1.54, 1.807) is 31.3 Å². The van der Waals surface area contributed by atoms with E-state index in [9.17, 15) is 4.79 Å². The molecule has 4 nitrogen and oxygen atoms in total. The average molecular weight is 365 g/mol. The van der Waals surface area contributed by atoms with Crippen molar-refractivity contribution in [2.24, 2.45) is 0 Å². The predicted molar refractivity (Wildman–Crippen MR) is 83.8 cm³/mol. The van der Waals surface area contributed by atoms with Gasteiger partial charge in [-0.1, -0.05) is 15.9 Å². The van der Waals surface area contributed by atoms with E-state index >= 15 is 0 Å². The summed E-state index contributed by atoms with van der Waals surface area (Å²) in [6.45, 7) is 5.11. The molecule has 1 rings (SSSR count). The summed E-state index contributed by atoms with van der Waals surface area (Å²) in [6.07, 6.45) is 0. The van der Waals surface area contributed by atoms with Crippen LogP contribution in [0.25, 0.3) is 0 Å². The van der Waals surface area contributed by atoms with Gasteiger partial charge < -0.3 is 14.4 Å². The lowest BCUT2D eigenvalue weighted by Gasteiger charge is -2.23. The van der Waals surface area contributed by atoms with Gasteiger partial charge in [0, 0.05) is 17.6 Å². The maximum Gasteiger partial charge on any atom is 0.245 e. The van der Waals surface area contributed by atoms with E-state index in [0.717, 1.165) is 4.47 Å². The third kappa shape index (κ3) is 3.58. The van der Waals surface area contributed by atoms with Gasteiger partial charge in [-0.15, -0.1) is 11.6 Å². The number of hydrogen-bond donors (Lipinski definition) is 0. The van der Waals surface area contributed by atoms with Gasteiger partial charge in [0.25, 0.3) is 0 Å². The fraction of sp³-hybridized carbons (Fsp3) is 0.500. The van der Waals surface area contributed by atoms with Gasteiger partial charge in [0.05, 0.1) is 14.2 Å². The standard InChI is InChI=1S/C14H19BrClNO3/c1-5-17(6-2)14(18)13(16)9-7-11(19-3)12(20-4)8-10(9)15/h7-8,13H,5-6H2,1-4H3.